The number of hydrogen-bond donors (Lipinski definition) is 1. The van der Waals surface area contributed by atoms with Crippen LogP contribution in [0.4, 0.5) is 0 Å². The van der Waals surface area contributed by atoms with Gasteiger partial charge in [-0.15, -0.1) is 0 Å². The summed E-state index contributed by atoms with van der Waals surface area (Å²) >= 11 is 0. The van der Waals surface area contributed by atoms with Crippen LogP contribution in [0.2, 0.25) is 0 Å². The van der Waals surface area contributed by atoms with Crippen LogP contribution < -0.4 is 5.32 Å². The Morgan fingerprint density at radius 2 is 1.94 bits per heavy atom. The van der Waals surface area contributed by atoms with Crippen LogP contribution in [0.15, 0.2) is 24.3 Å². The molecule has 0 aliphatic carbocycles. The number of hydrogen-bond acceptors (Lipinski definition) is 2. The first-order chi connectivity index (χ1) is 8.56. The van der Waals surface area contributed by atoms with Gasteiger partial charge in [0.1, 0.15) is 0 Å². The Morgan fingerprint density at radius 3 is 2.61 bits per heavy atom. The van der Waals surface area contributed by atoms with Gasteiger partial charge < -0.3 is 10.2 Å². The highest BCUT2D eigenvalue weighted by Crippen LogP contribution is 2.13. The third-order valence-electron chi connectivity index (χ3n) is 3.24. The van der Waals surface area contributed by atoms with E-state index in [4.69, 9.17) is 0 Å². The van der Waals surface area contributed by atoms with Gasteiger partial charge in [-0.1, -0.05) is 29.8 Å². The van der Waals surface area contributed by atoms with Gasteiger partial charge in [0.15, 0.2) is 0 Å². The summed E-state index contributed by atoms with van der Waals surface area (Å²) in [5.41, 5.74) is 2.29. The molecular formula is C14H18N2O2. The SMILES string of the molecule is Cc1ccc(CN2C(=O)CNC(=O)CC2C)cc1. The second-order valence-electron chi connectivity index (χ2n) is 4.84. The number of carbonyl (C=O) groups is 2. The summed E-state index contributed by atoms with van der Waals surface area (Å²) in [6.45, 7) is 4.62. The molecular weight excluding hydrogens is 228 g/mol. The zero-order chi connectivity index (χ0) is 13.1. The molecule has 1 N–H and O–H groups in total. The Balaban J connectivity index is 2.12. The number of nitrogens with zero attached hydrogens (tertiary/aromatic N) is 1. The molecule has 1 aliphatic heterocycles. The highest BCUT2D eigenvalue weighted by molar-refractivity contribution is 5.87. The normalized spacial score (nSPS) is 20.6. The van der Waals surface area contributed by atoms with Gasteiger partial charge in [0.05, 0.1) is 6.54 Å². The summed E-state index contributed by atoms with van der Waals surface area (Å²) in [6, 6.07) is 8.06. The molecule has 0 radical (unpaired) electrons. The summed E-state index contributed by atoms with van der Waals surface area (Å²) in [5, 5.41) is 2.62. The largest absolute Gasteiger partial charge is 0.347 e. The van der Waals surface area contributed by atoms with Crippen molar-refractivity contribution in [3.05, 3.63) is 35.4 Å². The molecule has 1 aromatic rings. The number of aryl methyl sites for hydroxylation is 1. The Bertz CT molecular complexity index is 453. The fourth-order valence-electron chi connectivity index (χ4n) is 2.11. The lowest BCUT2D eigenvalue weighted by Crippen LogP contribution is -2.39. The Kier molecular flexibility index (Phi) is 3.65. The molecule has 1 fully saturated rings. The van der Waals surface area contributed by atoms with Crippen molar-refractivity contribution in [3.8, 4) is 0 Å². The van der Waals surface area contributed by atoms with Crippen LogP contribution in [0.5, 0.6) is 0 Å². The van der Waals surface area contributed by atoms with Crippen molar-refractivity contribution in [3.63, 3.8) is 0 Å². The maximum atomic E-state index is 12.0. The Hall–Kier alpha value is -1.84. The molecule has 2 amide bonds. The fraction of sp³-hybridized carbons (Fsp3) is 0.429. The van der Waals surface area contributed by atoms with Crippen LogP contribution in [-0.2, 0) is 16.1 Å². The van der Waals surface area contributed by atoms with Crippen LogP contribution in [0, 0.1) is 6.92 Å². The number of rotatable bonds is 2. The number of carbonyl (C=O) groups excluding carboxylic acids is 2. The maximum absolute atomic E-state index is 12.0. The van der Waals surface area contributed by atoms with Gasteiger partial charge in [-0.05, 0) is 19.4 Å². The quantitative estimate of drug-likeness (QED) is 0.853. The number of nitrogens with one attached hydrogen (secondary N) is 1. The van der Waals surface area contributed by atoms with Gasteiger partial charge in [0, 0.05) is 19.0 Å². The molecule has 1 saturated heterocycles. The van der Waals surface area contributed by atoms with Crippen LogP contribution in [0.1, 0.15) is 24.5 Å². The molecule has 4 heteroatoms. The average Bonchev–Trinajstić information content (AvgIpc) is 2.45. The van der Waals surface area contributed by atoms with Crippen LogP contribution in [0.25, 0.3) is 0 Å². The van der Waals surface area contributed by atoms with Crippen molar-refractivity contribution < 1.29 is 9.59 Å². The first-order valence-corrected chi connectivity index (χ1v) is 6.18. The van der Waals surface area contributed by atoms with Crippen molar-refractivity contribution >= 4 is 11.8 Å². The number of amides is 2. The molecule has 0 saturated carbocycles. The molecule has 1 aromatic carbocycles. The lowest BCUT2D eigenvalue weighted by molar-refractivity contribution is -0.132. The first kappa shape index (κ1) is 12.6. The van der Waals surface area contributed by atoms with E-state index >= 15 is 0 Å². The van der Waals surface area contributed by atoms with E-state index in [1.54, 1.807) is 4.90 Å². The summed E-state index contributed by atoms with van der Waals surface area (Å²) in [7, 11) is 0. The van der Waals surface area contributed by atoms with E-state index in [1.165, 1.54) is 5.56 Å². The monoisotopic (exact) mass is 246 g/mol. The van der Waals surface area contributed by atoms with E-state index in [0.717, 1.165) is 5.56 Å². The van der Waals surface area contributed by atoms with Crippen LogP contribution in [0.3, 0.4) is 0 Å². The summed E-state index contributed by atoms with van der Waals surface area (Å²) < 4.78 is 0. The van der Waals surface area contributed by atoms with Gasteiger partial charge in [-0.3, -0.25) is 9.59 Å². The van der Waals surface area contributed by atoms with E-state index in [9.17, 15) is 9.59 Å². The molecule has 1 aliphatic rings. The van der Waals surface area contributed by atoms with Crippen LogP contribution in [-0.4, -0.2) is 29.3 Å². The zero-order valence-electron chi connectivity index (χ0n) is 10.8. The van der Waals surface area contributed by atoms with Gasteiger partial charge >= 0.3 is 0 Å². The zero-order valence-corrected chi connectivity index (χ0v) is 10.8. The van der Waals surface area contributed by atoms with Crippen LogP contribution >= 0.6 is 0 Å². The standard InChI is InChI=1S/C14H18N2O2/c1-10-3-5-12(6-4-10)9-16-11(2)7-13(17)15-8-14(16)18/h3-6,11H,7-9H2,1-2H3,(H,15,17). The summed E-state index contributed by atoms with van der Waals surface area (Å²) in [5.74, 6) is -0.0730. The van der Waals surface area contributed by atoms with Crippen molar-refractivity contribution in [2.24, 2.45) is 0 Å². The van der Waals surface area contributed by atoms with Gasteiger partial charge in [-0.25, -0.2) is 0 Å². The van der Waals surface area contributed by atoms with Crippen molar-refractivity contribution in [2.45, 2.75) is 32.9 Å². The fourth-order valence-corrected chi connectivity index (χ4v) is 2.11. The Labute approximate surface area is 107 Å². The number of benzene rings is 1. The third kappa shape index (κ3) is 2.88. The predicted molar refractivity (Wildman–Crippen MR) is 68.8 cm³/mol. The molecule has 1 atom stereocenters. The molecule has 0 bridgehead atoms. The lowest BCUT2D eigenvalue weighted by Gasteiger charge is -2.26. The van der Waals surface area contributed by atoms with E-state index in [1.807, 2.05) is 38.1 Å². The topological polar surface area (TPSA) is 49.4 Å². The van der Waals surface area contributed by atoms with Crippen molar-refractivity contribution in [1.29, 1.82) is 0 Å². The van der Waals surface area contributed by atoms with Crippen molar-refractivity contribution in [2.75, 3.05) is 6.54 Å². The lowest BCUT2D eigenvalue weighted by atomic mass is 10.1. The molecule has 1 unspecified atom stereocenters. The first-order valence-electron chi connectivity index (χ1n) is 6.18. The summed E-state index contributed by atoms with van der Waals surface area (Å²) in [6.07, 6.45) is 0.373. The van der Waals surface area contributed by atoms with E-state index in [2.05, 4.69) is 5.32 Å². The molecule has 96 valence electrons. The molecule has 18 heavy (non-hydrogen) atoms. The minimum absolute atomic E-state index is 0.0195. The highest BCUT2D eigenvalue weighted by atomic mass is 16.2. The highest BCUT2D eigenvalue weighted by Gasteiger charge is 2.26. The van der Waals surface area contributed by atoms with Gasteiger partial charge in [0.2, 0.25) is 11.8 Å². The second-order valence-corrected chi connectivity index (χ2v) is 4.84. The Morgan fingerprint density at radius 1 is 1.28 bits per heavy atom. The molecule has 0 spiro atoms. The van der Waals surface area contributed by atoms with Gasteiger partial charge in [0.25, 0.3) is 0 Å². The predicted octanol–water partition coefficient (Wildman–Crippen LogP) is 1.23. The molecule has 1 heterocycles. The smallest absolute Gasteiger partial charge is 0.242 e. The van der Waals surface area contributed by atoms with E-state index < -0.39 is 0 Å². The van der Waals surface area contributed by atoms with Crippen molar-refractivity contribution in [1.82, 2.24) is 10.2 Å². The molecule has 0 aromatic heterocycles. The molecule has 4 nitrogen and oxygen atoms in total. The second kappa shape index (κ2) is 5.21. The van der Waals surface area contributed by atoms with E-state index in [-0.39, 0.29) is 24.4 Å². The van der Waals surface area contributed by atoms with Gasteiger partial charge in [-0.2, -0.15) is 0 Å². The van der Waals surface area contributed by atoms with E-state index in [0.29, 0.717) is 13.0 Å². The minimum Gasteiger partial charge on any atom is -0.347 e. The maximum Gasteiger partial charge on any atom is 0.242 e. The minimum atomic E-state index is -0.0543. The average molecular weight is 246 g/mol. The molecule has 2 rings (SSSR count). The summed E-state index contributed by atoms with van der Waals surface area (Å²) in [4.78, 5) is 25.1. The third-order valence-corrected chi connectivity index (χ3v) is 3.24.